The number of unbranched alkanes of at least 4 members (excludes halogenated alkanes) is 3. The van der Waals surface area contributed by atoms with E-state index in [4.69, 9.17) is 26.0 Å². The molecule has 6 aliphatic heterocycles. The summed E-state index contributed by atoms with van der Waals surface area (Å²) in [5.41, 5.74) is 23.7. The fraction of sp³-hybridized carbons (Fsp3) is 0.536. The number of benzene rings is 3. The quantitative estimate of drug-likeness (QED) is 0.0448. The van der Waals surface area contributed by atoms with E-state index in [1.54, 1.807) is 0 Å². The van der Waals surface area contributed by atoms with Gasteiger partial charge in [0.25, 0.3) is 0 Å². The number of carboxylic acid groups (broad SMARTS) is 1. The van der Waals surface area contributed by atoms with Crippen molar-refractivity contribution in [3.8, 4) is 11.5 Å². The standard InChI is InChI=1S/C31H31N2O.C24H40N8O8S2.CH4/c1-2-8-20(9-3-1)27-25-18-21-10-4-14-32-16-6-12-23(28(21)32)30(25)34-31-24-13-7-17-33-15-5-11-22(29(24)33)19-26(27)31;1-42(38,39)11-5-3-2-4-6-16(33)27-8-9-28-24-30-20(26)17-21(31-24)32(13-29-17)22-19(35)18(34)15(40-22)12-41-10-7-14(25)23(36)37;/h1-3,8-9,18-19H,4-7,10-17H2;13-15,18-19,22,34-35H,2-12,25H2,1H3,(H,27,33)(H,36,37)(H3,26,28,30,31);1H4/q+1;;/t;14-,15+,18+,19+,22+;/m.0./s1. The first-order valence-electron chi connectivity index (χ1n) is 27.0. The maximum absolute atomic E-state index is 12.1. The maximum atomic E-state index is 12.1. The molecule has 0 radical (unpaired) electrons. The number of sulfone groups is 1. The normalized spacial score (nSPS) is 20.3. The first kappa shape index (κ1) is 55.9. The number of ether oxygens (including phenoxy) is 2. The number of amides is 1. The molecule has 19 nitrogen and oxygen atoms in total. The molecule has 0 saturated carbocycles. The summed E-state index contributed by atoms with van der Waals surface area (Å²) in [5.74, 6) is 2.30. The van der Waals surface area contributed by atoms with E-state index in [0.29, 0.717) is 43.9 Å². The van der Waals surface area contributed by atoms with Gasteiger partial charge in [0.15, 0.2) is 17.7 Å². The van der Waals surface area contributed by atoms with Gasteiger partial charge in [-0.25, -0.2) is 18.0 Å². The molecular formula is C56H75N10O9S2+. The third kappa shape index (κ3) is 12.2. The number of anilines is 3. The predicted molar refractivity (Wildman–Crippen MR) is 301 cm³/mol. The monoisotopic (exact) mass is 1100 g/mol. The maximum Gasteiger partial charge on any atom is 0.320 e. The first-order valence-corrected chi connectivity index (χ1v) is 30.2. The molecule has 11 rings (SSSR count). The number of hydrogen-bond donors (Lipinski definition) is 7. The number of nitrogens with one attached hydrogen (secondary N) is 2. The number of nitrogens with zero attached hydrogens (tertiary/aromatic N) is 6. The summed E-state index contributed by atoms with van der Waals surface area (Å²) in [7, 11) is -2.95. The second-order valence-corrected chi connectivity index (χ2v) is 24.3. The number of rotatable bonds is 19. The minimum Gasteiger partial charge on any atom is -0.480 e. The zero-order valence-electron chi connectivity index (χ0n) is 43.2. The Hall–Kier alpha value is -5.84. The Morgan fingerprint density at radius 1 is 0.922 bits per heavy atom. The number of fused-ring (bicyclic) bond motifs is 5. The van der Waals surface area contributed by atoms with E-state index in [2.05, 4.69) is 77.5 Å². The zero-order valence-corrected chi connectivity index (χ0v) is 44.8. The van der Waals surface area contributed by atoms with E-state index < -0.39 is 46.4 Å². The Labute approximate surface area is 454 Å². The molecule has 0 aliphatic carbocycles. The van der Waals surface area contributed by atoms with Crippen LogP contribution in [0.2, 0.25) is 0 Å². The van der Waals surface area contributed by atoms with E-state index in [1.165, 1.54) is 149 Å². The van der Waals surface area contributed by atoms with Crippen LogP contribution < -0.4 is 46.9 Å². The van der Waals surface area contributed by atoms with Crippen molar-refractivity contribution in [2.45, 2.75) is 128 Å². The number of aromatic nitrogens is 4. The SMILES string of the molecule is C.CS(=O)(=O)CCCCCCC(=O)NCCNc1nc(N)c2ncn([C@@H]3O[C@H](CSCC[C@H](N)C(=O)O)[C@@H](O)[C@H]3O)c2n1.c1ccc(C2=c3cc4c5c(c3Oc3c2cc2c6c3CCCN6CCC2)CCC[N+]=5CCC4)cc1. The van der Waals surface area contributed by atoms with Crippen molar-refractivity contribution >= 4 is 67.7 Å². The lowest BCUT2D eigenvalue weighted by Gasteiger charge is -2.39. The van der Waals surface area contributed by atoms with Gasteiger partial charge < -0.3 is 51.8 Å². The van der Waals surface area contributed by atoms with Crippen molar-refractivity contribution in [3.63, 3.8) is 0 Å². The number of carbonyl (C=O) groups is 2. The molecule has 77 heavy (non-hydrogen) atoms. The molecule has 0 unspecified atom stereocenters. The average molecular weight is 1100 g/mol. The molecular weight excluding hydrogens is 1020 g/mol. The van der Waals surface area contributed by atoms with Crippen LogP contribution in [0.3, 0.4) is 0 Å². The number of imidazole rings is 1. The molecule has 0 bridgehead atoms. The molecule has 1 fully saturated rings. The highest BCUT2D eigenvalue weighted by atomic mass is 32.2. The Balaban J connectivity index is 0.000000188. The lowest BCUT2D eigenvalue weighted by molar-refractivity contribution is -0.138. The zero-order chi connectivity index (χ0) is 53.1. The molecule has 5 aromatic rings. The molecule has 0 spiro atoms. The average Bonchev–Trinajstić information content (AvgIpc) is 4.01. The number of carboxylic acids is 1. The largest absolute Gasteiger partial charge is 0.480 e. The summed E-state index contributed by atoms with van der Waals surface area (Å²) < 4.78 is 39.4. The highest BCUT2D eigenvalue weighted by molar-refractivity contribution is 7.99. The number of nitrogens with two attached hydrogens (primary N) is 2. The Morgan fingerprint density at radius 3 is 2.44 bits per heavy atom. The van der Waals surface area contributed by atoms with Crippen molar-refractivity contribution in [2.24, 2.45) is 5.73 Å². The third-order valence-electron chi connectivity index (χ3n) is 15.4. The highest BCUT2D eigenvalue weighted by Gasteiger charge is 2.44. The van der Waals surface area contributed by atoms with E-state index in [1.807, 2.05) is 0 Å². The Kier molecular flexibility index (Phi) is 17.7. The Morgan fingerprint density at radius 2 is 1.66 bits per heavy atom. The van der Waals surface area contributed by atoms with Crippen molar-refractivity contribution in [2.75, 3.05) is 78.7 Å². The van der Waals surface area contributed by atoms with Gasteiger partial charge in [0.1, 0.15) is 58.2 Å². The van der Waals surface area contributed by atoms with Crippen molar-refractivity contribution < 1.29 is 42.8 Å². The third-order valence-corrected chi connectivity index (χ3v) is 17.5. The van der Waals surface area contributed by atoms with Gasteiger partial charge in [-0.15, -0.1) is 0 Å². The predicted octanol–water partition coefficient (Wildman–Crippen LogP) is 3.84. The Bertz CT molecular complexity index is 3220. The van der Waals surface area contributed by atoms with Gasteiger partial charge in [-0.2, -0.15) is 21.7 Å². The fourth-order valence-corrected chi connectivity index (χ4v) is 13.6. The van der Waals surface area contributed by atoms with Crippen LogP contribution in [0.4, 0.5) is 17.5 Å². The molecule has 414 valence electrons. The molecule has 1 saturated heterocycles. The first-order chi connectivity index (χ1) is 36.7. The van der Waals surface area contributed by atoms with Crippen molar-refractivity contribution in [1.82, 2.24) is 29.4 Å². The van der Waals surface area contributed by atoms with E-state index in [9.17, 15) is 28.2 Å². The van der Waals surface area contributed by atoms with Crippen molar-refractivity contribution in [3.05, 3.63) is 92.7 Å². The number of aryl methyl sites for hydroxylation is 2. The smallest absolute Gasteiger partial charge is 0.320 e. The summed E-state index contributed by atoms with van der Waals surface area (Å²) >= 11 is 1.36. The van der Waals surface area contributed by atoms with Crippen LogP contribution in [0, 0.1) is 0 Å². The minimum atomic E-state index is -2.95. The van der Waals surface area contributed by atoms with Crippen LogP contribution in [0.1, 0.15) is 111 Å². The van der Waals surface area contributed by atoms with Crippen LogP contribution in [-0.4, -0.2) is 142 Å². The molecule has 9 N–H and O–H groups in total. The van der Waals surface area contributed by atoms with Gasteiger partial charge in [-0.3, -0.25) is 14.2 Å². The van der Waals surface area contributed by atoms with Crippen molar-refractivity contribution in [1.29, 1.82) is 0 Å². The summed E-state index contributed by atoms with van der Waals surface area (Å²) in [5, 5.41) is 38.8. The van der Waals surface area contributed by atoms with E-state index >= 15 is 0 Å². The van der Waals surface area contributed by atoms with E-state index in [-0.39, 0.29) is 48.4 Å². The summed E-state index contributed by atoms with van der Waals surface area (Å²) in [6.07, 6.45) is 11.4. The van der Waals surface area contributed by atoms with Crippen LogP contribution in [0.15, 0.2) is 48.8 Å². The lowest BCUT2D eigenvalue weighted by Crippen LogP contribution is -2.45. The number of nitrogen functional groups attached to an aromatic ring is 1. The van der Waals surface area contributed by atoms with Crippen LogP contribution in [0.25, 0.3) is 16.7 Å². The second-order valence-electron chi connectivity index (χ2n) is 20.9. The van der Waals surface area contributed by atoms with Crippen LogP contribution in [-0.2, 0) is 49.8 Å². The van der Waals surface area contributed by atoms with Crippen LogP contribution >= 0.6 is 11.8 Å². The van der Waals surface area contributed by atoms with Gasteiger partial charge in [0.05, 0.1) is 18.0 Å². The number of aliphatic hydroxyl groups is 2. The van der Waals surface area contributed by atoms with E-state index in [0.717, 1.165) is 37.2 Å². The van der Waals surface area contributed by atoms with Gasteiger partial charge in [0.2, 0.25) is 17.2 Å². The molecule has 21 heteroatoms. The molecule has 3 aromatic carbocycles. The number of carbonyl (C=O) groups excluding carboxylic acids is 1. The van der Waals surface area contributed by atoms with Gasteiger partial charge >= 0.3 is 5.97 Å². The highest BCUT2D eigenvalue weighted by Crippen LogP contribution is 2.48. The number of aliphatic hydroxyl groups excluding tert-OH is 2. The number of aliphatic carboxylic acids is 1. The molecule has 2 aromatic heterocycles. The lowest BCUT2D eigenvalue weighted by atomic mass is 9.83. The summed E-state index contributed by atoms with van der Waals surface area (Å²) in [6, 6.07) is 15.1. The summed E-state index contributed by atoms with van der Waals surface area (Å²) in [6.45, 7) is 5.39. The second kappa shape index (κ2) is 24.4. The topological polar surface area (TPSA) is 273 Å². The van der Waals surface area contributed by atoms with Crippen LogP contribution in [0.5, 0.6) is 11.5 Å². The molecule has 1 amide bonds. The molecule has 8 heterocycles. The van der Waals surface area contributed by atoms with Gasteiger partial charge in [0, 0.05) is 96.4 Å². The van der Waals surface area contributed by atoms with Gasteiger partial charge in [-0.05, 0) is 86.8 Å². The fourth-order valence-electron chi connectivity index (χ4n) is 11.7. The minimum absolute atomic E-state index is 0. The molecule has 5 atom stereocenters. The van der Waals surface area contributed by atoms with Gasteiger partial charge in [-0.1, -0.05) is 50.6 Å². The molecule has 6 aliphatic rings. The number of thioether (sulfide) groups is 1. The number of hydrogen-bond acceptors (Lipinski definition) is 16. The summed E-state index contributed by atoms with van der Waals surface area (Å²) in [4.78, 5) is 38.4.